The quantitative estimate of drug-likeness (QED) is 0.318. The van der Waals surface area contributed by atoms with Gasteiger partial charge >= 0.3 is 11.9 Å². The van der Waals surface area contributed by atoms with Crippen LogP contribution in [0.4, 0.5) is 0 Å². The van der Waals surface area contributed by atoms with Crippen LogP contribution in [0.2, 0.25) is 0 Å². The van der Waals surface area contributed by atoms with Crippen LogP contribution in [-0.2, 0) is 25.5 Å². The predicted octanol–water partition coefficient (Wildman–Crippen LogP) is 3.39. The van der Waals surface area contributed by atoms with Crippen molar-refractivity contribution in [2.24, 2.45) is 0 Å². The minimum atomic E-state index is -0.478. The molecule has 120 valence electrons. The van der Waals surface area contributed by atoms with Gasteiger partial charge in [0.25, 0.3) is 0 Å². The molecule has 4 nitrogen and oxygen atoms in total. The van der Waals surface area contributed by atoms with Crippen LogP contribution in [0.1, 0.15) is 26.3 Å². The van der Waals surface area contributed by atoms with Gasteiger partial charge in [-0.15, -0.1) is 11.8 Å². The van der Waals surface area contributed by atoms with E-state index in [9.17, 15) is 9.59 Å². The molecule has 1 aromatic carbocycles. The topological polar surface area (TPSA) is 52.6 Å². The Morgan fingerprint density at radius 2 is 1.73 bits per heavy atom. The first kappa shape index (κ1) is 18.3. The molecule has 0 saturated carbocycles. The SMILES string of the molecule is C=C(C)C(=O)OCCOC(=O)Cc1ccc(SC(C)C)cc1. The first-order valence-electron chi connectivity index (χ1n) is 7.12. The maximum atomic E-state index is 11.7. The van der Waals surface area contributed by atoms with Gasteiger partial charge in [-0.2, -0.15) is 0 Å². The molecular weight excluding hydrogens is 300 g/mol. The average Bonchev–Trinajstić information content (AvgIpc) is 2.44. The number of benzene rings is 1. The second kappa shape index (κ2) is 9.30. The molecule has 1 rings (SSSR count). The maximum absolute atomic E-state index is 11.7. The van der Waals surface area contributed by atoms with Crippen LogP contribution < -0.4 is 0 Å². The zero-order valence-corrected chi connectivity index (χ0v) is 14.1. The van der Waals surface area contributed by atoms with Crippen molar-refractivity contribution in [2.45, 2.75) is 37.3 Å². The summed E-state index contributed by atoms with van der Waals surface area (Å²) in [6, 6.07) is 7.85. The number of thioether (sulfide) groups is 1. The summed E-state index contributed by atoms with van der Waals surface area (Å²) in [5, 5.41) is 0.526. The van der Waals surface area contributed by atoms with E-state index in [4.69, 9.17) is 9.47 Å². The molecule has 0 spiro atoms. The van der Waals surface area contributed by atoms with E-state index >= 15 is 0 Å². The Morgan fingerprint density at radius 3 is 2.27 bits per heavy atom. The molecule has 0 radical (unpaired) electrons. The molecule has 0 N–H and O–H groups in total. The molecule has 0 aliphatic heterocycles. The van der Waals surface area contributed by atoms with Crippen LogP contribution in [0.25, 0.3) is 0 Å². The zero-order chi connectivity index (χ0) is 16.5. The van der Waals surface area contributed by atoms with Crippen molar-refractivity contribution < 1.29 is 19.1 Å². The minimum absolute atomic E-state index is 0.0431. The van der Waals surface area contributed by atoms with Gasteiger partial charge in [-0.25, -0.2) is 4.79 Å². The normalized spacial score (nSPS) is 10.4. The van der Waals surface area contributed by atoms with Gasteiger partial charge in [-0.3, -0.25) is 4.79 Å². The predicted molar refractivity (Wildman–Crippen MR) is 87.9 cm³/mol. The Labute approximate surface area is 135 Å². The largest absolute Gasteiger partial charge is 0.462 e. The highest BCUT2D eigenvalue weighted by Crippen LogP contribution is 2.22. The van der Waals surface area contributed by atoms with Crippen molar-refractivity contribution in [3.63, 3.8) is 0 Å². The lowest BCUT2D eigenvalue weighted by Gasteiger charge is -2.07. The van der Waals surface area contributed by atoms with E-state index in [1.807, 2.05) is 24.3 Å². The van der Waals surface area contributed by atoms with Gasteiger partial charge < -0.3 is 9.47 Å². The van der Waals surface area contributed by atoms with Gasteiger partial charge in [0.1, 0.15) is 13.2 Å². The summed E-state index contributed by atoms with van der Waals surface area (Å²) < 4.78 is 9.86. The molecule has 5 heteroatoms. The van der Waals surface area contributed by atoms with Crippen molar-refractivity contribution in [1.29, 1.82) is 0 Å². The fourth-order valence-electron chi connectivity index (χ4n) is 1.59. The van der Waals surface area contributed by atoms with Gasteiger partial charge in [0, 0.05) is 15.7 Å². The molecule has 1 aromatic rings. The highest BCUT2D eigenvalue weighted by Gasteiger charge is 2.07. The average molecular weight is 322 g/mol. The van der Waals surface area contributed by atoms with Gasteiger partial charge in [-0.1, -0.05) is 32.6 Å². The van der Waals surface area contributed by atoms with Crippen LogP contribution in [0.3, 0.4) is 0 Å². The molecule has 0 saturated heterocycles. The second-order valence-electron chi connectivity index (χ2n) is 5.12. The maximum Gasteiger partial charge on any atom is 0.333 e. The fraction of sp³-hybridized carbons (Fsp3) is 0.412. The van der Waals surface area contributed by atoms with E-state index < -0.39 is 5.97 Å². The number of carbonyl (C=O) groups is 2. The van der Waals surface area contributed by atoms with Gasteiger partial charge in [-0.05, 0) is 24.6 Å². The van der Waals surface area contributed by atoms with Crippen LogP contribution in [-0.4, -0.2) is 30.4 Å². The molecular formula is C17H22O4S. The van der Waals surface area contributed by atoms with Crippen molar-refractivity contribution in [2.75, 3.05) is 13.2 Å². The standard InChI is InChI=1S/C17H22O4S/c1-12(2)17(19)21-10-9-20-16(18)11-14-5-7-15(8-6-14)22-13(3)4/h5-8,13H,1,9-11H2,2-4H3. The summed E-state index contributed by atoms with van der Waals surface area (Å²) in [6.07, 6.45) is 0.209. The van der Waals surface area contributed by atoms with Gasteiger partial charge in [0.2, 0.25) is 0 Å². The highest BCUT2D eigenvalue weighted by atomic mass is 32.2. The summed E-state index contributed by atoms with van der Waals surface area (Å²) in [5.74, 6) is -0.815. The third-order valence-corrected chi connectivity index (χ3v) is 3.59. The summed E-state index contributed by atoms with van der Waals surface area (Å²) in [4.78, 5) is 24.0. The summed E-state index contributed by atoms with van der Waals surface area (Å²) >= 11 is 1.78. The van der Waals surface area contributed by atoms with E-state index in [0.717, 1.165) is 5.56 Å². The molecule has 0 amide bonds. The van der Waals surface area contributed by atoms with Gasteiger partial charge in [0.15, 0.2) is 0 Å². The third-order valence-electron chi connectivity index (χ3n) is 2.57. The Hall–Kier alpha value is -1.75. The van der Waals surface area contributed by atoms with E-state index in [0.29, 0.717) is 10.8 Å². The first-order chi connectivity index (χ1) is 10.4. The highest BCUT2D eigenvalue weighted by molar-refractivity contribution is 7.99. The molecule has 0 aliphatic carbocycles. The van der Waals surface area contributed by atoms with Gasteiger partial charge in [0.05, 0.1) is 6.42 Å². The first-order valence-corrected chi connectivity index (χ1v) is 8.00. The Morgan fingerprint density at radius 1 is 1.14 bits per heavy atom. The van der Waals surface area contributed by atoms with E-state index in [1.165, 1.54) is 4.90 Å². The van der Waals surface area contributed by atoms with Crippen molar-refractivity contribution in [3.8, 4) is 0 Å². The van der Waals surface area contributed by atoms with Crippen LogP contribution >= 0.6 is 11.8 Å². The molecule has 0 bridgehead atoms. The summed E-state index contributed by atoms with van der Waals surface area (Å²) in [7, 11) is 0. The van der Waals surface area contributed by atoms with Crippen molar-refractivity contribution in [1.82, 2.24) is 0 Å². The number of esters is 2. The summed E-state index contributed by atoms with van der Waals surface area (Å²) in [6.45, 7) is 9.40. The van der Waals surface area contributed by atoms with Crippen molar-refractivity contribution >= 4 is 23.7 Å². The Kier molecular flexibility index (Phi) is 7.74. The molecule has 0 fully saturated rings. The van der Waals surface area contributed by atoms with Crippen LogP contribution in [0, 0.1) is 0 Å². The molecule has 0 aromatic heterocycles. The number of hydrogen-bond acceptors (Lipinski definition) is 5. The van der Waals surface area contributed by atoms with Crippen molar-refractivity contribution in [3.05, 3.63) is 42.0 Å². The lowest BCUT2D eigenvalue weighted by molar-refractivity contribution is -0.149. The van der Waals surface area contributed by atoms with Crippen LogP contribution in [0.5, 0.6) is 0 Å². The summed E-state index contributed by atoms with van der Waals surface area (Å²) in [5.41, 5.74) is 1.22. The molecule has 0 unspecified atom stereocenters. The van der Waals surface area contributed by atoms with E-state index in [2.05, 4.69) is 20.4 Å². The smallest absolute Gasteiger partial charge is 0.333 e. The lowest BCUT2D eigenvalue weighted by Crippen LogP contribution is -2.15. The number of hydrogen-bond donors (Lipinski definition) is 0. The van der Waals surface area contributed by atoms with E-state index in [1.54, 1.807) is 18.7 Å². The number of carbonyl (C=O) groups excluding carboxylic acids is 2. The molecule has 0 atom stereocenters. The number of ether oxygens (including phenoxy) is 2. The molecule has 0 aliphatic rings. The molecule has 0 heterocycles. The monoisotopic (exact) mass is 322 g/mol. The molecule has 22 heavy (non-hydrogen) atoms. The minimum Gasteiger partial charge on any atom is -0.462 e. The Balaban J connectivity index is 2.30. The second-order valence-corrected chi connectivity index (χ2v) is 6.77. The third kappa shape index (κ3) is 7.31. The lowest BCUT2D eigenvalue weighted by atomic mass is 10.1. The van der Waals surface area contributed by atoms with E-state index in [-0.39, 0.29) is 25.6 Å². The number of rotatable bonds is 8. The van der Waals surface area contributed by atoms with Crippen LogP contribution in [0.15, 0.2) is 41.3 Å². The zero-order valence-electron chi connectivity index (χ0n) is 13.3. The Bertz CT molecular complexity index is 520. The fourth-order valence-corrected chi connectivity index (χ4v) is 2.43.